The van der Waals surface area contributed by atoms with Crippen molar-refractivity contribution in [1.82, 2.24) is 10.3 Å². The number of pyridine rings is 1. The van der Waals surface area contributed by atoms with Crippen LogP contribution in [-0.4, -0.2) is 25.1 Å². The van der Waals surface area contributed by atoms with Crippen LogP contribution in [0, 0.1) is 0 Å². The van der Waals surface area contributed by atoms with E-state index in [1.54, 1.807) is 14.2 Å². The number of nitrogens with one attached hydrogen (secondary N) is 1. The molecule has 1 aromatic heterocycles. The number of fused-ring (bicyclic) bond motifs is 1. The van der Waals surface area contributed by atoms with Gasteiger partial charge >= 0.3 is 0 Å². The lowest BCUT2D eigenvalue weighted by Crippen LogP contribution is -2.27. The van der Waals surface area contributed by atoms with Crippen LogP contribution in [0.5, 0.6) is 11.5 Å². The molecular weight excluding hydrogens is 388 g/mol. The third-order valence-electron chi connectivity index (χ3n) is 5.29. The van der Waals surface area contributed by atoms with Gasteiger partial charge in [0.25, 0.3) is 5.91 Å². The Bertz CT molecular complexity index is 1220. The fraction of sp³-hybridized carbons (Fsp3) is 0.154. The van der Waals surface area contributed by atoms with Gasteiger partial charge in [-0.15, -0.1) is 0 Å². The molecule has 1 heterocycles. The van der Waals surface area contributed by atoms with Gasteiger partial charge < -0.3 is 14.8 Å². The van der Waals surface area contributed by atoms with Gasteiger partial charge in [-0.25, -0.2) is 4.98 Å². The second-order valence-corrected chi connectivity index (χ2v) is 7.25. The molecule has 1 amide bonds. The first-order valence-electron chi connectivity index (χ1n) is 10.1. The van der Waals surface area contributed by atoms with Crippen LogP contribution in [0.15, 0.2) is 78.9 Å². The van der Waals surface area contributed by atoms with E-state index in [9.17, 15) is 4.79 Å². The molecule has 0 aliphatic heterocycles. The number of carbonyl (C=O) groups excluding carboxylic acids is 1. The molecular formula is C26H24N2O3. The maximum atomic E-state index is 13.3. The van der Waals surface area contributed by atoms with Gasteiger partial charge in [0.15, 0.2) is 11.5 Å². The molecule has 4 aromatic rings. The first kappa shape index (κ1) is 20.4. The topological polar surface area (TPSA) is 60.5 Å². The van der Waals surface area contributed by atoms with Crippen LogP contribution in [0.4, 0.5) is 0 Å². The third-order valence-corrected chi connectivity index (χ3v) is 5.29. The van der Waals surface area contributed by atoms with E-state index >= 15 is 0 Å². The standard InChI is InChI=1S/C26H24N2O3/c1-17(19-13-14-24(30-2)25(15-19)31-3)27-26(29)21-16-23(18-9-5-4-6-10-18)28-22-12-8-7-11-20(21)22/h4-17H,1-3H3,(H,27,29)/t17-/m1/s1. The molecule has 0 saturated carbocycles. The Morgan fingerprint density at radius 1 is 0.871 bits per heavy atom. The van der Waals surface area contributed by atoms with Crippen molar-refractivity contribution in [3.8, 4) is 22.8 Å². The van der Waals surface area contributed by atoms with Crippen molar-refractivity contribution in [3.05, 3.63) is 90.0 Å². The van der Waals surface area contributed by atoms with Crippen LogP contribution in [0.1, 0.15) is 28.9 Å². The number of amides is 1. The monoisotopic (exact) mass is 412 g/mol. The number of nitrogens with zero attached hydrogens (tertiary/aromatic N) is 1. The molecule has 3 aromatic carbocycles. The molecule has 5 heteroatoms. The van der Waals surface area contributed by atoms with E-state index in [1.807, 2.05) is 85.8 Å². The third kappa shape index (κ3) is 4.21. The van der Waals surface area contributed by atoms with Crippen LogP contribution < -0.4 is 14.8 Å². The summed E-state index contributed by atoms with van der Waals surface area (Å²) in [7, 11) is 3.20. The number of benzene rings is 3. The molecule has 0 radical (unpaired) electrons. The summed E-state index contributed by atoms with van der Waals surface area (Å²) in [5.41, 5.74) is 4.04. The minimum absolute atomic E-state index is 0.155. The Morgan fingerprint density at radius 3 is 2.32 bits per heavy atom. The molecule has 0 spiro atoms. The smallest absolute Gasteiger partial charge is 0.252 e. The SMILES string of the molecule is COc1ccc([C@@H](C)NC(=O)c2cc(-c3ccccc3)nc3ccccc23)cc1OC. The van der Waals surface area contributed by atoms with Crippen molar-refractivity contribution in [2.24, 2.45) is 0 Å². The van der Waals surface area contributed by atoms with Crippen molar-refractivity contribution in [2.75, 3.05) is 14.2 Å². The number of hydrogen-bond donors (Lipinski definition) is 1. The van der Waals surface area contributed by atoms with Gasteiger partial charge in [0.1, 0.15) is 0 Å². The van der Waals surface area contributed by atoms with E-state index in [0.717, 1.165) is 27.7 Å². The largest absolute Gasteiger partial charge is 0.493 e. The van der Waals surface area contributed by atoms with Crippen LogP contribution >= 0.6 is 0 Å². The molecule has 0 fully saturated rings. The van der Waals surface area contributed by atoms with Gasteiger partial charge in [-0.05, 0) is 36.8 Å². The molecule has 5 nitrogen and oxygen atoms in total. The average Bonchev–Trinajstić information content (AvgIpc) is 2.83. The van der Waals surface area contributed by atoms with E-state index in [1.165, 1.54) is 0 Å². The summed E-state index contributed by atoms with van der Waals surface area (Å²) in [6.45, 7) is 1.95. The highest BCUT2D eigenvalue weighted by molar-refractivity contribution is 6.07. The predicted molar refractivity (Wildman–Crippen MR) is 123 cm³/mol. The van der Waals surface area contributed by atoms with Crippen molar-refractivity contribution >= 4 is 16.8 Å². The minimum atomic E-state index is -0.223. The molecule has 1 N–H and O–H groups in total. The lowest BCUT2D eigenvalue weighted by atomic mass is 10.0. The first-order chi connectivity index (χ1) is 15.1. The molecule has 0 unspecified atom stereocenters. The summed E-state index contributed by atoms with van der Waals surface area (Å²) in [5.74, 6) is 1.12. The Morgan fingerprint density at radius 2 is 1.58 bits per heavy atom. The highest BCUT2D eigenvalue weighted by atomic mass is 16.5. The van der Waals surface area contributed by atoms with Gasteiger partial charge in [-0.2, -0.15) is 0 Å². The zero-order valence-corrected chi connectivity index (χ0v) is 17.8. The van der Waals surface area contributed by atoms with Crippen molar-refractivity contribution < 1.29 is 14.3 Å². The Balaban J connectivity index is 1.69. The quantitative estimate of drug-likeness (QED) is 0.460. The van der Waals surface area contributed by atoms with E-state index < -0.39 is 0 Å². The van der Waals surface area contributed by atoms with Gasteiger partial charge in [0.2, 0.25) is 0 Å². The van der Waals surface area contributed by atoms with Gasteiger partial charge in [-0.1, -0.05) is 54.6 Å². The fourth-order valence-electron chi connectivity index (χ4n) is 3.60. The van der Waals surface area contributed by atoms with Crippen molar-refractivity contribution in [1.29, 1.82) is 0 Å². The molecule has 1 atom stereocenters. The number of carbonyl (C=O) groups is 1. The molecule has 0 bridgehead atoms. The van der Waals surface area contributed by atoms with Crippen LogP contribution in [-0.2, 0) is 0 Å². The van der Waals surface area contributed by atoms with Gasteiger partial charge in [0, 0.05) is 10.9 Å². The van der Waals surface area contributed by atoms with Crippen LogP contribution in [0.25, 0.3) is 22.2 Å². The summed E-state index contributed by atoms with van der Waals surface area (Å²) in [5, 5.41) is 3.93. The maximum absolute atomic E-state index is 13.3. The molecule has 0 aliphatic carbocycles. The molecule has 31 heavy (non-hydrogen) atoms. The number of rotatable bonds is 6. The highest BCUT2D eigenvalue weighted by Gasteiger charge is 2.17. The summed E-state index contributed by atoms with van der Waals surface area (Å²) in [4.78, 5) is 18.1. The number of para-hydroxylation sites is 1. The summed E-state index contributed by atoms with van der Waals surface area (Å²) in [6.07, 6.45) is 0. The highest BCUT2D eigenvalue weighted by Crippen LogP contribution is 2.30. The maximum Gasteiger partial charge on any atom is 0.252 e. The lowest BCUT2D eigenvalue weighted by Gasteiger charge is -2.17. The normalized spacial score (nSPS) is 11.7. The second-order valence-electron chi connectivity index (χ2n) is 7.25. The van der Waals surface area contributed by atoms with Gasteiger partial charge in [-0.3, -0.25) is 4.79 Å². The number of ether oxygens (including phenoxy) is 2. The first-order valence-corrected chi connectivity index (χ1v) is 10.1. The number of methoxy groups -OCH3 is 2. The van der Waals surface area contributed by atoms with Crippen LogP contribution in [0.3, 0.4) is 0 Å². The lowest BCUT2D eigenvalue weighted by molar-refractivity contribution is 0.0941. The van der Waals surface area contributed by atoms with Gasteiger partial charge in [0.05, 0.1) is 37.0 Å². The zero-order valence-electron chi connectivity index (χ0n) is 17.8. The summed E-state index contributed by atoms with van der Waals surface area (Å²) in [6, 6.07) is 24.8. The molecule has 0 aliphatic rings. The van der Waals surface area contributed by atoms with E-state index in [4.69, 9.17) is 14.5 Å². The zero-order chi connectivity index (χ0) is 21.8. The minimum Gasteiger partial charge on any atom is -0.493 e. The summed E-state index contributed by atoms with van der Waals surface area (Å²) < 4.78 is 10.7. The molecule has 0 saturated heterocycles. The van der Waals surface area contributed by atoms with E-state index in [2.05, 4.69) is 5.32 Å². The fourth-order valence-corrected chi connectivity index (χ4v) is 3.60. The number of aromatic nitrogens is 1. The Labute approximate surface area is 181 Å². The van der Waals surface area contributed by atoms with Crippen LogP contribution in [0.2, 0.25) is 0 Å². The summed E-state index contributed by atoms with van der Waals surface area (Å²) >= 11 is 0. The van der Waals surface area contributed by atoms with E-state index in [-0.39, 0.29) is 11.9 Å². The molecule has 156 valence electrons. The predicted octanol–water partition coefficient (Wildman–Crippen LogP) is 5.41. The number of hydrogen-bond acceptors (Lipinski definition) is 4. The van der Waals surface area contributed by atoms with Crippen molar-refractivity contribution in [2.45, 2.75) is 13.0 Å². The molecule has 4 rings (SSSR count). The second kappa shape index (κ2) is 8.88. The average molecular weight is 412 g/mol. The van der Waals surface area contributed by atoms with Crippen molar-refractivity contribution in [3.63, 3.8) is 0 Å². The Hall–Kier alpha value is -3.86. The van der Waals surface area contributed by atoms with E-state index in [0.29, 0.717) is 17.1 Å². The Kier molecular flexibility index (Phi) is 5.85.